The van der Waals surface area contributed by atoms with Crippen LogP contribution in [0.4, 0.5) is 4.39 Å². The molecule has 2 aliphatic carbocycles. The molecule has 5 atom stereocenters. The number of hydrogen-bond acceptors (Lipinski definition) is 7. The SMILES string of the molecule is COc1cc(-c2cc(C(=O)N3CCC(C(N)=O)CC34CC4[C@H]3CCN([C@@H]4COC45CCC5)C3)n[nH]2)c(F)cn1. The van der Waals surface area contributed by atoms with Gasteiger partial charge < -0.3 is 20.1 Å². The lowest BCUT2D eigenvalue weighted by molar-refractivity contribution is -0.247. The number of carbonyl (C=O) groups excluding carboxylic acids is 2. The van der Waals surface area contributed by atoms with E-state index < -0.39 is 5.82 Å². The van der Waals surface area contributed by atoms with Gasteiger partial charge in [0.1, 0.15) is 0 Å². The predicted octanol–water partition coefficient (Wildman–Crippen LogP) is 2.36. The molecule has 5 aliphatic rings. The lowest BCUT2D eigenvalue weighted by atomic mass is 9.70. The van der Waals surface area contributed by atoms with Crippen molar-refractivity contribution in [1.82, 2.24) is 25.0 Å². The standard InChI is InChI=1S/C28H35FN6O4/c1-38-24-9-18(20(29)13-31-24)21-10-22(33-32-21)26(37)35-8-4-16(25(30)36)11-27(35)12-19(27)17-3-7-34(14-17)23-15-39-28(23)5-2-6-28/h9-10,13,16-17,19,23H,2-8,11-12,14-15H2,1H3,(H2,30,36)(H,32,33)/t16?,17-,19?,23+,27?/m0/s1. The second-order valence-electron chi connectivity index (χ2n) is 12.1. The normalized spacial score (nSPS) is 33.1. The fraction of sp³-hybridized carbons (Fsp3) is 0.643. The number of hydrogen-bond donors (Lipinski definition) is 2. The highest BCUT2D eigenvalue weighted by Crippen LogP contribution is 2.61. The second-order valence-corrected chi connectivity index (χ2v) is 12.1. The summed E-state index contributed by atoms with van der Waals surface area (Å²) in [6.07, 6.45) is 7.77. The van der Waals surface area contributed by atoms with Crippen molar-refractivity contribution < 1.29 is 23.5 Å². The van der Waals surface area contributed by atoms with Crippen LogP contribution in [0.1, 0.15) is 55.4 Å². The minimum Gasteiger partial charge on any atom is -0.481 e. The number of primary amides is 1. The summed E-state index contributed by atoms with van der Waals surface area (Å²) in [5, 5.41) is 7.07. The molecule has 3 saturated heterocycles. The summed E-state index contributed by atoms with van der Waals surface area (Å²) in [5.74, 6) is -0.189. The zero-order valence-electron chi connectivity index (χ0n) is 22.2. The quantitative estimate of drug-likeness (QED) is 0.578. The van der Waals surface area contributed by atoms with Crippen molar-refractivity contribution in [2.45, 2.75) is 62.1 Å². The number of nitrogens with one attached hydrogen (secondary N) is 1. The van der Waals surface area contributed by atoms with Gasteiger partial charge in [0.15, 0.2) is 11.5 Å². The van der Waals surface area contributed by atoms with Crippen molar-refractivity contribution in [2.24, 2.45) is 23.5 Å². The largest absolute Gasteiger partial charge is 0.481 e. The molecular weight excluding hydrogens is 503 g/mol. The molecular formula is C28H35FN6O4. The van der Waals surface area contributed by atoms with Gasteiger partial charge in [-0.2, -0.15) is 5.10 Å². The van der Waals surface area contributed by atoms with E-state index in [0.29, 0.717) is 43.0 Å². The number of H-pyrrole nitrogens is 1. The molecule has 0 aromatic carbocycles. The number of aromatic nitrogens is 3. The minimum absolute atomic E-state index is 0.0933. The maximum absolute atomic E-state index is 14.5. The number of aromatic amines is 1. The molecule has 0 radical (unpaired) electrons. The van der Waals surface area contributed by atoms with Gasteiger partial charge in [-0.3, -0.25) is 19.6 Å². The third kappa shape index (κ3) is 3.88. The molecule has 39 heavy (non-hydrogen) atoms. The molecule has 208 valence electrons. The lowest BCUT2D eigenvalue weighted by Crippen LogP contribution is -2.68. The Morgan fingerprint density at radius 2 is 2.08 bits per heavy atom. The molecule has 5 fully saturated rings. The predicted molar refractivity (Wildman–Crippen MR) is 138 cm³/mol. The highest BCUT2D eigenvalue weighted by Gasteiger charge is 2.66. The van der Waals surface area contributed by atoms with E-state index in [1.54, 1.807) is 6.07 Å². The molecule has 3 unspecified atom stereocenters. The second kappa shape index (κ2) is 8.99. The van der Waals surface area contributed by atoms with E-state index in [1.807, 2.05) is 4.90 Å². The van der Waals surface area contributed by atoms with Crippen LogP contribution >= 0.6 is 0 Å². The van der Waals surface area contributed by atoms with Gasteiger partial charge in [0.05, 0.1) is 37.3 Å². The summed E-state index contributed by atoms with van der Waals surface area (Å²) < 4.78 is 25.6. The third-order valence-electron chi connectivity index (χ3n) is 10.3. The minimum atomic E-state index is -0.536. The Balaban J connectivity index is 1.11. The number of ether oxygens (including phenoxy) is 2. The number of nitrogens with two attached hydrogens (primary N) is 1. The molecule has 2 aromatic heterocycles. The lowest BCUT2D eigenvalue weighted by Gasteiger charge is -2.58. The van der Waals surface area contributed by atoms with Gasteiger partial charge in [-0.1, -0.05) is 0 Å². The van der Waals surface area contributed by atoms with Crippen LogP contribution < -0.4 is 10.5 Å². The van der Waals surface area contributed by atoms with E-state index >= 15 is 0 Å². The van der Waals surface area contributed by atoms with Crippen LogP contribution in [0.2, 0.25) is 0 Å². The van der Waals surface area contributed by atoms with E-state index in [9.17, 15) is 14.0 Å². The van der Waals surface area contributed by atoms with Crippen LogP contribution in [0.15, 0.2) is 18.3 Å². The summed E-state index contributed by atoms with van der Waals surface area (Å²) >= 11 is 0. The molecule has 7 rings (SSSR count). The van der Waals surface area contributed by atoms with E-state index in [1.165, 1.54) is 19.6 Å². The molecule has 2 amide bonds. The van der Waals surface area contributed by atoms with Gasteiger partial charge in [-0.05, 0) is 69.4 Å². The van der Waals surface area contributed by atoms with Crippen LogP contribution in [0.25, 0.3) is 11.3 Å². The van der Waals surface area contributed by atoms with Crippen LogP contribution in [-0.4, -0.2) is 87.3 Å². The monoisotopic (exact) mass is 538 g/mol. The van der Waals surface area contributed by atoms with Gasteiger partial charge in [-0.15, -0.1) is 0 Å². The van der Waals surface area contributed by atoms with E-state index in [-0.39, 0.29) is 46.0 Å². The van der Waals surface area contributed by atoms with Crippen molar-refractivity contribution in [3.8, 4) is 17.1 Å². The van der Waals surface area contributed by atoms with Crippen molar-refractivity contribution in [3.63, 3.8) is 0 Å². The zero-order chi connectivity index (χ0) is 26.9. The highest BCUT2D eigenvalue weighted by molar-refractivity contribution is 5.94. The molecule has 5 heterocycles. The summed E-state index contributed by atoms with van der Waals surface area (Å²) in [7, 11) is 1.46. The number of piperidine rings is 1. The van der Waals surface area contributed by atoms with Gasteiger partial charge in [0, 0.05) is 36.2 Å². The first-order valence-electron chi connectivity index (χ1n) is 14.1. The fourth-order valence-corrected chi connectivity index (χ4v) is 7.87. The van der Waals surface area contributed by atoms with Gasteiger partial charge in [-0.25, -0.2) is 9.37 Å². The van der Waals surface area contributed by atoms with Crippen molar-refractivity contribution in [3.05, 3.63) is 29.8 Å². The Morgan fingerprint density at radius 3 is 2.77 bits per heavy atom. The van der Waals surface area contributed by atoms with E-state index in [4.69, 9.17) is 15.2 Å². The molecule has 2 spiro atoms. The van der Waals surface area contributed by atoms with Crippen LogP contribution in [-0.2, 0) is 9.53 Å². The first kappa shape index (κ1) is 25.0. The smallest absolute Gasteiger partial charge is 0.274 e. The Kier molecular flexibility index (Phi) is 5.75. The zero-order valence-corrected chi connectivity index (χ0v) is 22.2. The molecule has 3 aliphatic heterocycles. The highest BCUT2D eigenvalue weighted by atomic mass is 19.1. The van der Waals surface area contributed by atoms with E-state index in [2.05, 4.69) is 20.1 Å². The maximum atomic E-state index is 14.5. The molecule has 10 nitrogen and oxygen atoms in total. The van der Waals surface area contributed by atoms with Crippen LogP contribution in [0.3, 0.4) is 0 Å². The first-order chi connectivity index (χ1) is 18.8. The van der Waals surface area contributed by atoms with Gasteiger partial charge >= 0.3 is 0 Å². The fourth-order valence-electron chi connectivity index (χ4n) is 7.87. The van der Waals surface area contributed by atoms with Gasteiger partial charge in [0.2, 0.25) is 11.8 Å². The van der Waals surface area contributed by atoms with Crippen LogP contribution in [0, 0.1) is 23.6 Å². The van der Waals surface area contributed by atoms with Gasteiger partial charge in [0.25, 0.3) is 5.91 Å². The Morgan fingerprint density at radius 1 is 1.23 bits per heavy atom. The average molecular weight is 539 g/mol. The summed E-state index contributed by atoms with van der Waals surface area (Å²) in [5.41, 5.74) is 6.31. The number of methoxy groups -OCH3 is 1. The number of rotatable bonds is 6. The first-order valence-corrected chi connectivity index (χ1v) is 14.1. The Hall–Kier alpha value is -3.05. The number of halogens is 1. The maximum Gasteiger partial charge on any atom is 0.274 e. The molecule has 3 N–H and O–H groups in total. The van der Waals surface area contributed by atoms with Crippen molar-refractivity contribution >= 4 is 11.8 Å². The molecule has 0 bridgehead atoms. The number of amides is 2. The Labute approximate surface area is 226 Å². The number of pyridine rings is 1. The number of nitrogens with zero attached hydrogens (tertiary/aromatic N) is 4. The van der Waals surface area contributed by atoms with Crippen LogP contribution in [0.5, 0.6) is 5.88 Å². The summed E-state index contributed by atoms with van der Waals surface area (Å²) in [4.78, 5) is 34.5. The molecule has 2 saturated carbocycles. The molecule has 11 heteroatoms. The summed E-state index contributed by atoms with van der Waals surface area (Å²) in [6.45, 7) is 3.35. The summed E-state index contributed by atoms with van der Waals surface area (Å²) in [6, 6.07) is 3.57. The van der Waals surface area contributed by atoms with E-state index in [0.717, 1.165) is 51.6 Å². The number of likely N-dealkylation sites (tertiary alicyclic amines) is 2. The van der Waals surface area contributed by atoms with Crippen molar-refractivity contribution in [1.29, 1.82) is 0 Å². The Bertz CT molecular complexity index is 1310. The molecule has 2 aromatic rings. The van der Waals surface area contributed by atoms with Crippen molar-refractivity contribution in [2.75, 3.05) is 33.4 Å². The third-order valence-corrected chi connectivity index (χ3v) is 10.3. The average Bonchev–Trinajstić information content (AvgIpc) is 3.23. The number of carbonyl (C=O) groups is 2. The topological polar surface area (TPSA) is 127 Å².